The van der Waals surface area contributed by atoms with Gasteiger partial charge in [-0.05, 0) is 37.5 Å². The maximum absolute atomic E-state index is 12.7. The molecule has 2 N–H and O–H groups in total. The molecule has 0 aromatic heterocycles. The van der Waals surface area contributed by atoms with Gasteiger partial charge in [0.15, 0.2) is 0 Å². The van der Waals surface area contributed by atoms with Gasteiger partial charge in [0.2, 0.25) is 5.91 Å². The summed E-state index contributed by atoms with van der Waals surface area (Å²) in [5, 5.41) is 0.721. The highest BCUT2D eigenvalue weighted by Crippen LogP contribution is 2.27. The van der Waals surface area contributed by atoms with Gasteiger partial charge in [0.05, 0.1) is 7.11 Å². The van der Waals surface area contributed by atoms with Crippen LogP contribution in [0.5, 0.6) is 5.75 Å². The van der Waals surface area contributed by atoms with Crippen molar-refractivity contribution >= 4 is 17.5 Å². The number of piperazine rings is 1. The van der Waals surface area contributed by atoms with Gasteiger partial charge in [-0.1, -0.05) is 18.0 Å². The monoisotopic (exact) mass is 365 g/mol. The van der Waals surface area contributed by atoms with Crippen LogP contribution in [0.3, 0.4) is 0 Å². The average molecular weight is 366 g/mol. The van der Waals surface area contributed by atoms with Gasteiger partial charge in [-0.15, -0.1) is 0 Å². The van der Waals surface area contributed by atoms with E-state index in [1.54, 1.807) is 7.11 Å². The van der Waals surface area contributed by atoms with E-state index in [9.17, 15) is 4.79 Å². The second-order valence-electron chi connectivity index (χ2n) is 7.18. The Morgan fingerprint density at radius 3 is 2.72 bits per heavy atom. The van der Waals surface area contributed by atoms with Crippen molar-refractivity contribution in [2.45, 2.75) is 38.3 Å². The topological polar surface area (TPSA) is 58.8 Å². The van der Waals surface area contributed by atoms with E-state index in [2.05, 4.69) is 4.90 Å². The smallest absolute Gasteiger partial charge is 0.225 e. The summed E-state index contributed by atoms with van der Waals surface area (Å²) in [6.45, 7) is 4.11. The number of carbonyl (C=O) groups is 1. The molecular formula is C19H28ClN3O2. The number of carbonyl (C=O) groups excluding carboxylic acids is 1. The van der Waals surface area contributed by atoms with E-state index in [1.165, 1.54) is 0 Å². The highest BCUT2D eigenvalue weighted by Gasteiger charge is 2.30. The molecule has 1 aliphatic heterocycles. The molecule has 1 saturated heterocycles. The number of benzene rings is 1. The van der Waals surface area contributed by atoms with Crippen molar-refractivity contribution < 1.29 is 9.53 Å². The Kier molecular flexibility index (Phi) is 6.20. The van der Waals surface area contributed by atoms with Crippen LogP contribution in [0, 0.1) is 5.92 Å². The van der Waals surface area contributed by atoms with E-state index >= 15 is 0 Å². The largest absolute Gasteiger partial charge is 0.496 e. The zero-order chi connectivity index (χ0) is 17.8. The predicted molar refractivity (Wildman–Crippen MR) is 99.8 cm³/mol. The second-order valence-corrected chi connectivity index (χ2v) is 7.62. The molecule has 2 fully saturated rings. The minimum absolute atomic E-state index is 0.128. The average Bonchev–Trinajstić information content (AvgIpc) is 2.62. The number of hydrogen-bond donors (Lipinski definition) is 1. The lowest BCUT2D eigenvalue weighted by atomic mass is 9.85. The fourth-order valence-electron chi connectivity index (χ4n) is 3.95. The van der Waals surface area contributed by atoms with Crippen molar-refractivity contribution in [2.75, 3.05) is 33.3 Å². The minimum atomic E-state index is 0.128. The summed E-state index contributed by atoms with van der Waals surface area (Å²) in [6, 6.07) is 5.90. The summed E-state index contributed by atoms with van der Waals surface area (Å²) in [5.74, 6) is 1.29. The number of halogens is 1. The van der Waals surface area contributed by atoms with Crippen LogP contribution in [0.25, 0.3) is 0 Å². The normalized spacial score (nSPS) is 25.0. The third-order valence-electron chi connectivity index (χ3n) is 5.38. The van der Waals surface area contributed by atoms with Crippen LogP contribution in [-0.4, -0.2) is 55.0 Å². The third-order valence-corrected chi connectivity index (χ3v) is 5.62. The molecule has 5 nitrogen and oxygen atoms in total. The van der Waals surface area contributed by atoms with E-state index in [0.717, 1.165) is 74.7 Å². The van der Waals surface area contributed by atoms with E-state index in [1.807, 2.05) is 23.1 Å². The van der Waals surface area contributed by atoms with Crippen LogP contribution < -0.4 is 10.5 Å². The van der Waals surface area contributed by atoms with Crippen molar-refractivity contribution in [3.8, 4) is 5.75 Å². The molecule has 1 saturated carbocycles. The lowest BCUT2D eigenvalue weighted by Gasteiger charge is -2.38. The quantitative estimate of drug-likeness (QED) is 0.890. The SMILES string of the molecule is COc1ccc(Cl)cc1CN1CCN(C(=O)C2CCCC(N)C2)CC1. The molecule has 2 unspecified atom stereocenters. The second kappa shape index (κ2) is 8.39. The van der Waals surface area contributed by atoms with Crippen LogP contribution in [-0.2, 0) is 11.3 Å². The highest BCUT2D eigenvalue weighted by atomic mass is 35.5. The summed E-state index contributed by atoms with van der Waals surface area (Å²) in [6.07, 6.45) is 3.97. The molecule has 6 heteroatoms. The molecule has 1 amide bonds. The van der Waals surface area contributed by atoms with Crippen molar-refractivity contribution in [3.05, 3.63) is 28.8 Å². The number of methoxy groups -OCH3 is 1. The molecule has 1 heterocycles. The molecule has 1 aromatic carbocycles. The van der Waals surface area contributed by atoms with Crippen molar-refractivity contribution in [3.63, 3.8) is 0 Å². The first kappa shape index (κ1) is 18.5. The fraction of sp³-hybridized carbons (Fsp3) is 0.632. The molecule has 2 aliphatic rings. The van der Waals surface area contributed by atoms with Crippen LogP contribution >= 0.6 is 11.6 Å². The van der Waals surface area contributed by atoms with Gasteiger partial charge >= 0.3 is 0 Å². The number of amides is 1. The number of hydrogen-bond acceptors (Lipinski definition) is 4. The fourth-order valence-corrected chi connectivity index (χ4v) is 4.14. The molecular weight excluding hydrogens is 338 g/mol. The molecule has 3 rings (SSSR count). The Bertz CT molecular complexity index is 602. The van der Waals surface area contributed by atoms with E-state index in [-0.39, 0.29) is 12.0 Å². The Balaban J connectivity index is 1.53. The zero-order valence-electron chi connectivity index (χ0n) is 14.9. The van der Waals surface area contributed by atoms with E-state index in [0.29, 0.717) is 5.91 Å². The predicted octanol–water partition coefficient (Wildman–Crippen LogP) is 2.51. The van der Waals surface area contributed by atoms with Gasteiger partial charge in [-0.3, -0.25) is 9.69 Å². The first-order valence-electron chi connectivity index (χ1n) is 9.16. The van der Waals surface area contributed by atoms with Gasteiger partial charge in [-0.25, -0.2) is 0 Å². The van der Waals surface area contributed by atoms with Gasteiger partial charge in [0.1, 0.15) is 5.75 Å². The number of nitrogens with zero attached hydrogens (tertiary/aromatic N) is 2. The first-order valence-corrected chi connectivity index (χ1v) is 9.53. The van der Waals surface area contributed by atoms with Crippen molar-refractivity contribution in [2.24, 2.45) is 11.7 Å². The maximum atomic E-state index is 12.7. The highest BCUT2D eigenvalue weighted by molar-refractivity contribution is 6.30. The van der Waals surface area contributed by atoms with Crippen LogP contribution in [0.15, 0.2) is 18.2 Å². The first-order chi connectivity index (χ1) is 12.1. The summed E-state index contributed by atoms with van der Waals surface area (Å²) in [4.78, 5) is 17.1. The lowest BCUT2D eigenvalue weighted by molar-refractivity contribution is -0.138. The van der Waals surface area contributed by atoms with Gasteiger partial charge in [-0.2, -0.15) is 0 Å². The minimum Gasteiger partial charge on any atom is -0.496 e. The molecule has 138 valence electrons. The van der Waals surface area contributed by atoms with Crippen LogP contribution in [0.2, 0.25) is 5.02 Å². The Morgan fingerprint density at radius 2 is 2.04 bits per heavy atom. The summed E-state index contributed by atoms with van der Waals surface area (Å²) < 4.78 is 5.43. The molecule has 1 aromatic rings. The number of nitrogens with two attached hydrogens (primary N) is 1. The molecule has 1 aliphatic carbocycles. The summed E-state index contributed by atoms with van der Waals surface area (Å²) in [5.41, 5.74) is 7.13. The van der Waals surface area contributed by atoms with Gasteiger partial charge in [0.25, 0.3) is 0 Å². The standard InChI is InChI=1S/C19H28ClN3O2/c1-25-18-6-5-16(20)11-15(18)13-22-7-9-23(10-8-22)19(24)14-3-2-4-17(21)12-14/h5-6,11,14,17H,2-4,7-10,12-13,21H2,1H3. The van der Waals surface area contributed by atoms with Gasteiger partial charge in [0, 0.05) is 55.3 Å². The van der Waals surface area contributed by atoms with Crippen LogP contribution in [0.4, 0.5) is 0 Å². The summed E-state index contributed by atoms with van der Waals surface area (Å²) >= 11 is 6.12. The maximum Gasteiger partial charge on any atom is 0.225 e. The van der Waals surface area contributed by atoms with Crippen molar-refractivity contribution in [1.82, 2.24) is 9.80 Å². The van der Waals surface area contributed by atoms with Gasteiger partial charge < -0.3 is 15.4 Å². The molecule has 0 bridgehead atoms. The zero-order valence-corrected chi connectivity index (χ0v) is 15.7. The Labute approximate surface area is 155 Å². The van der Waals surface area contributed by atoms with E-state index < -0.39 is 0 Å². The summed E-state index contributed by atoms with van der Waals surface area (Å²) in [7, 11) is 1.68. The number of ether oxygens (including phenoxy) is 1. The Hall–Kier alpha value is -1.30. The molecule has 0 radical (unpaired) electrons. The number of rotatable bonds is 4. The lowest BCUT2D eigenvalue weighted by Crippen LogP contribution is -2.51. The Morgan fingerprint density at radius 1 is 1.28 bits per heavy atom. The molecule has 25 heavy (non-hydrogen) atoms. The van der Waals surface area contributed by atoms with Crippen molar-refractivity contribution in [1.29, 1.82) is 0 Å². The third kappa shape index (κ3) is 4.66. The van der Waals surface area contributed by atoms with Crippen LogP contribution in [0.1, 0.15) is 31.2 Å². The molecule has 2 atom stereocenters. The van der Waals surface area contributed by atoms with E-state index in [4.69, 9.17) is 22.1 Å². The molecule has 0 spiro atoms.